The van der Waals surface area contributed by atoms with Gasteiger partial charge in [0.05, 0.1) is 6.42 Å². The summed E-state index contributed by atoms with van der Waals surface area (Å²) < 4.78 is 10.7. The van der Waals surface area contributed by atoms with Crippen molar-refractivity contribution >= 4 is 5.97 Å². The van der Waals surface area contributed by atoms with E-state index in [1.165, 1.54) is 0 Å². The standard InChI is InChI=1S/C15H19NO4/c17-15(18)8-12(10-3-5-16-6-4-10)11-1-2-13-14(7-11)20-9-19-13/h1-2,7,10,12,16H,3-6,8-9H2,(H,17,18). The Bertz CT molecular complexity index is 497. The van der Waals surface area contributed by atoms with Gasteiger partial charge in [0.1, 0.15) is 0 Å². The van der Waals surface area contributed by atoms with Crippen molar-refractivity contribution in [2.75, 3.05) is 19.9 Å². The number of carboxylic acids is 1. The van der Waals surface area contributed by atoms with E-state index in [1.54, 1.807) is 0 Å². The first-order valence-corrected chi connectivity index (χ1v) is 7.06. The highest BCUT2D eigenvalue weighted by atomic mass is 16.7. The lowest BCUT2D eigenvalue weighted by molar-refractivity contribution is -0.137. The van der Waals surface area contributed by atoms with E-state index in [0.717, 1.165) is 43.0 Å². The van der Waals surface area contributed by atoms with Crippen molar-refractivity contribution in [2.24, 2.45) is 5.92 Å². The number of piperidine rings is 1. The summed E-state index contributed by atoms with van der Waals surface area (Å²) in [6, 6.07) is 5.80. The quantitative estimate of drug-likeness (QED) is 0.880. The average molecular weight is 277 g/mol. The maximum atomic E-state index is 11.2. The van der Waals surface area contributed by atoms with Gasteiger partial charge in [-0.15, -0.1) is 0 Å². The molecule has 1 aromatic carbocycles. The Morgan fingerprint density at radius 2 is 2.05 bits per heavy atom. The highest BCUT2D eigenvalue weighted by Crippen LogP contribution is 2.39. The molecule has 0 aliphatic carbocycles. The summed E-state index contributed by atoms with van der Waals surface area (Å²) in [5.74, 6) is 1.18. The van der Waals surface area contributed by atoms with Crippen molar-refractivity contribution in [1.29, 1.82) is 0 Å². The van der Waals surface area contributed by atoms with E-state index in [2.05, 4.69) is 5.32 Å². The van der Waals surface area contributed by atoms with Crippen LogP contribution in [0.3, 0.4) is 0 Å². The van der Waals surface area contributed by atoms with Gasteiger partial charge >= 0.3 is 5.97 Å². The molecule has 0 aromatic heterocycles. The Balaban J connectivity index is 1.85. The topological polar surface area (TPSA) is 67.8 Å². The minimum Gasteiger partial charge on any atom is -0.481 e. The molecule has 2 heterocycles. The Hall–Kier alpha value is -1.75. The molecule has 1 saturated heterocycles. The molecular formula is C15H19NO4. The molecular weight excluding hydrogens is 258 g/mol. The zero-order valence-corrected chi connectivity index (χ0v) is 11.3. The van der Waals surface area contributed by atoms with Gasteiger partial charge in [0.15, 0.2) is 11.5 Å². The molecule has 1 aromatic rings. The van der Waals surface area contributed by atoms with E-state index >= 15 is 0 Å². The highest BCUT2D eigenvalue weighted by molar-refractivity contribution is 5.68. The van der Waals surface area contributed by atoms with Crippen molar-refractivity contribution in [3.63, 3.8) is 0 Å². The van der Waals surface area contributed by atoms with Crippen LogP contribution in [0.25, 0.3) is 0 Å². The number of aliphatic carboxylic acids is 1. The highest BCUT2D eigenvalue weighted by Gasteiger charge is 2.28. The SMILES string of the molecule is O=C(O)CC(c1ccc2c(c1)OCO2)C1CCNCC1. The predicted molar refractivity (Wildman–Crippen MR) is 73.2 cm³/mol. The van der Waals surface area contributed by atoms with Crippen molar-refractivity contribution < 1.29 is 19.4 Å². The molecule has 0 spiro atoms. The first-order valence-electron chi connectivity index (χ1n) is 7.06. The number of hydrogen-bond acceptors (Lipinski definition) is 4. The average Bonchev–Trinajstić information content (AvgIpc) is 2.93. The molecule has 2 aliphatic rings. The smallest absolute Gasteiger partial charge is 0.303 e. The molecule has 108 valence electrons. The van der Waals surface area contributed by atoms with E-state index in [0.29, 0.717) is 5.92 Å². The molecule has 2 N–H and O–H groups in total. The Kier molecular flexibility index (Phi) is 3.78. The van der Waals surface area contributed by atoms with Crippen molar-refractivity contribution in [3.8, 4) is 11.5 Å². The number of ether oxygens (including phenoxy) is 2. The molecule has 0 saturated carbocycles. The summed E-state index contributed by atoms with van der Waals surface area (Å²) >= 11 is 0. The Morgan fingerprint density at radius 3 is 2.80 bits per heavy atom. The Labute approximate surface area is 117 Å². The number of nitrogens with one attached hydrogen (secondary N) is 1. The third kappa shape index (κ3) is 2.72. The Morgan fingerprint density at radius 1 is 1.30 bits per heavy atom. The summed E-state index contributed by atoms with van der Waals surface area (Å²) in [6.45, 7) is 2.17. The maximum absolute atomic E-state index is 11.2. The fourth-order valence-electron chi connectivity index (χ4n) is 3.14. The minimum atomic E-state index is -0.744. The van der Waals surface area contributed by atoms with Crippen LogP contribution in [0.15, 0.2) is 18.2 Å². The molecule has 1 atom stereocenters. The van der Waals surface area contributed by atoms with Gasteiger partial charge in [-0.2, -0.15) is 0 Å². The lowest BCUT2D eigenvalue weighted by atomic mass is 9.78. The molecule has 5 heteroatoms. The number of carboxylic acid groups (broad SMARTS) is 1. The second kappa shape index (κ2) is 5.71. The first kappa shape index (κ1) is 13.2. The van der Waals surface area contributed by atoms with Crippen molar-refractivity contribution in [3.05, 3.63) is 23.8 Å². The normalized spacial score (nSPS) is 19.8. The van der Waals surface area contributed by atoms with Gasteiger partial charge in [-0.05, 0) is 55.5 Å². The fraction of sp³-hybridized carbons (Fsp3) is 0.533. The lowest BCUT2D eigenvalue weighted by Crippen LogP contribution is -2.31. The van der Waals surface area contributed by atoms with Crippen LogP contribution in [0.5, 0.6) is 11.5 Å². The molecule has 0 radical (unpaired) electrons. The number of carbonyl (C=O) groups is 1. The van der Waals surface area contributed by atoms with E-state index < -0.39 is 5.97 Å². The van der Waals surface area contributed by atoms with Gasteiger partial charge in [0, 0.05) is 0 Å². The van der Waals surface area contributed by atoms with Crippen molar-refractivity contribution in [2.45, 2.75) is 25.2 Å². The largest absolute Gasteiger partial charge is 0.481 e. The van der Waals surface area contributed by atoms with Gasteiger partial charge in [-0.25, -0.2) is 0 Å². The molecule has 5 nitrogen and oxygen atoms in total. The van der Waals surface area contributed by atoms with Crippen LogP contribution < -0.4 is 14.8 Å². The second-order valence-electron chi connectivity index (χ2n) is 5.40. The fourth-order valence-corrected chi connectivity index (χ4v) is 3.14. The maximum Gasteiger partial charge on any atom is 0.303 e. The molecule has 20 heavy (non-hydrogen) atoms. The van der Waals surface area contributed by atoms with Crippen LogP contribution in [0.4, 0.5) is 0 Å². The van der Waals surface area contributed by atoms with Crippen molar-refractivity contribution in [1.82, 2.24) is 5.32 Å². The first-order chi connectivity index (χ1) is 9.74. The summed E-state index contributed by atoms with van der Waals surface area (Å²) in [6.07, 6.45) is 2.21. The number of benzene rings is 1. The van der Waals surface area contributed by atoms with Crippen LogP contribution in [0.2, 0.25) is 0 Å². The van der Waals surface area contributed by atoms with Gasteiger partial charge in [-0.1, -0.05) is 6.07 Å². The lowest BCUT2D eigenvalue weighted by Gasteiger charge is -2.30. The van der Waals surface area contributed by atoms with Crippen LogP contribution in [-0.4, -0.2) is 31.0 Å². The number of rotatable bonds is 4. The molecule has 2 aliphatic heterocycles. The summed E-state index contributed by atoms with van der Waals surface area (Å²) in [4.78, 5) is 11.2. The van der Waals surface area contributed by atoms with Crippen LogP contribution in [0, 0.1) is 5.92 Å². The molecule has 0 amide bonds. The summed E-state index contributed by atoms with van der Waals surface area (Å²) in [5, 5.41) is 12.5. The summed E-state index contributed by atoms with van der Waals surface area (Å²) in [5.41, 5.74) is 1.04. The molecule has 1 fully saturated rings. The van der Waals surface area contributed by atoms with E-state index in [9.17, 15) is 9.90 Å². The number of fused-ring (bicyclic) bond motifs is 1. The van der Waals surface area contributed by atoms with Crippen LogP contribution in [0.1, 0.15) is 30.7 Å². The zero-order valence-electron chi connectivity index (χ0n) is 11.3. The van der Waals surface area contributed by atoms with E-state index in [1.807, 2.05) is 18.2 Å². The number of hydrogen-bond donors (Lipinski definition) is 2. The monoisotopic (exact) mass is 277 g/mol. The van der Waals surface area contributed by atoms with E-state index in [4.69, 9.17) is 9.47 Å². The third-order valence-corrected chi connectivity index (χ3v) is 4.17. The van der Waals surface area contributed by atoms with Gasteiger partial charge in [0.2, 0.25) is 6.79 Å². The second-order valence-corrected chi connectivity index (χ2v) is 5.40. The summed E-state index contributed by atoms with van der Waals surface area (Å²) in [7, 11) is 0. The molecule has 1 unspecified atom stereocenters. The minimum absolute atomic E-state index is 0.0455. The van der Waals surface area contributed by atoms with Gasteiger partial charge in [0.25, 0.3) is 0 Å². The van der Waals surface area contributed by atoms with E-state index in [-0.39, 0.29) is 19.1 Å². The van der Waals surface area contributed by atoms with Crippen LogP contribution >= 0.6 is 0 Å². The molecule has 0 bridgehead atoms. The van der Waals surface area contributed by atoms with Gasteiger partial charge in [-0.3, -0.25) is 4.79 Å². The third-order valence-electron chi connectivity index (χ3n) is 4.17. The zero-order chi connectivity index (χ0) is 13.9. The molecule has 3 rings (SSSR count). The van der Waals surface area contributed by atoms with Gasteiger partial charge < -0.3 is 19.9 Å². The van der Waals surface area contributed by atoms with Crippen LogP contribution in [-0.2, 0) is 4.79 Å². The predicted octanol–water partition coefficient (Wildman–Crippen LogP) is 1.97.